The molecule has 1 aromatic rings. The second kappa shape index (κ2) is 57.3. The summed E-state index contributed by atoms with van der Waals surface area (Å²) in [7, 11) is 4.21. The molecule has 0 radical (unpaired) electrons. The Bertz CT molecular complexity index is 2060. The van der Waals surface area contributed by atoms with Crippen LogP contribution in [0, 0.1) is 148 Å². The number of fused-ring (bicyclic) bond motifs is 11. The van der Waals surface area contributed by atoms with E-state index in [1.54, 1.807) is 244 Å². The van der Waals surface area contributed by atoms with Crippen LogP contribution >= 0.6 is 0 Å². The number of likely N-dealkylation sites (tertiary alicyclic amines) is 1. The summed E-state index contributed by atoms with van der Waals surface area (Å²) >= 11 is 0. The SMILES string of the molecule is C1C2CC3C1C3C2.C1C2CC3CC1CC(C2)C3.C1C2CC3CC1CC(C2)C3.C1C2CC3CC1CN(C2)C3.C1CC2CC(C1)C2.C1CC2CCC(C1)C2.C1CC2CCC1C2.C1CC2CCCC(C1)C2.C1CCC2=C(C1)CC1CCC2C1.CC.CC.CC.CC.CC.CC.CC.CC.CC.CN1CCCCCC1.Cn1cccc1. The summed E-state index contributed by atoms with van der Waals surface area (Å²) in [6, 6.07) is 4.00. The third-order valence-corrected chi connectivity index (χ3v) is 32.8. The zero-order valence-corrected chi connectivity index (χ0v) is 80.1. The zero-order chi connectivity index (χ0) is 81.2. The maximum absolute atomic E-state index is 2.69. The van der Waals surface area contributed by atoms with Crippen molar-refractivity contribution in [2.24, 2.45) is 155 Å². The second-order valence-corrected chi connectivity index (χ2v) is 40.4. The van der Waals surface area contributed by atoms with Crippen molar-refractivity contribution >= 4 is 0 Å². The van der Waals surface area contributed by atoms with Crippen LogP contribution in [0.4, 0.5) is 0 Å². The monoisotopic (exact) mass is 1560 g/mol. The van der Waals surface area contributed by atoms with Crippen LogP contribution in [0.15, 0.2) is 35.7 Å². The van der Waals surface area contributed by atoms with Crippen LogP contribution in [0.1, 0.15) is 465 Å². The largest absolute Gasteiger partial charge is 0.357 e. The molecular formula is C109H205N3. The van der Waals surface area contributed by atoms with Crippen molar-refractivity contribution in [3.63, 3.8) is 0 Å². The van der Waals surface area contributed by atoms with Crippen LogP contribution in [-0.2, 0) is 7.05 Å². The second-order valence-electron chi connectivity index (χ2n) is 40.4. The fraction of sp³-hybridized carbons (Fsp3) is 0.945. The molecule has 0 amide bonds. The van der Waals surface area contributed by atoms with Crippen molar-refractivity contribution in [2.75, 3.05) is 39.8 Å². The maximum Gasteiger partial charge on any atom is 0.0106 e. The first-order valence-corrected chi connectivity index (χ1v) is 53.4. The lowest BCUT2D eigenvalue weighted by Crippen LogP contribution is -2.53. The fourth-order valence-corrected chi connectivity index (χ4v) is 29.0. The molecule has 112 heavy (non-hydrogen) atoms. The van der Waals surface area contributed by atoms with Crippen LogP contribution < -0.4 is 0 Å². The summed E-state index contributed by atoms with van der Waals surface area (Å²) in [6.45, 7) is 43.0. The van der Waals surface area contributed by atoms with Gasteiger partial charge in [0.05, 0.1) is 0 Å². The van der Waals surface area contributed by atoms with Gasteiger partial charge < -0.3 is 14.4 Å². The zero-order valence-electron chi connectivity index (χ0n) is 80.1. The average molecular weight is 1560 g/mol. The Kier molecular flexibility index (Phi) is 51.0. The number of piperidine rings is 3. The first-order chi connectivity index (χ1) is 55.2. The van der Waals surface area contributed by atoms with Gasteiger partial charge in [-0.3, -0.25) is 0 Å². The van der Waals surface area contributed by atoms with Gasteiger partial charge in [-0.15, -0.1) is 0 Å². The standard InChI is InChI=1S/C12H18.2C10H16.C9H15N.C9H16.C8H14.C7H15N.C7H10.2C7H12.C5H7N.9C2H6/c1-2-4-12-10(3-1)7-9-5-6-11(12)8-9;2*1-7-2-9-4-8(1)5-10(3-7)6-9;1-7-2-9-3-8(1)5-10(4-7)6-9;1-3-8-5-2-6-9(4-1)7-8;1-2-7-4-5-8(3-1)6-7;1-8-6-4-2-3-5-7-8;1-4-2-6-5(1)7(6)3-4;1-2-7-4-3-6(1)5-7;1-2-6-4-7(3-1)5-6;1-6-4-2-3-5-6;9*1-2/h9,11H,1-8H2;2*7-10H,1-6H2;7-9H,1-6H2;8-9H,1-7H2;7-8H,1-6H2;2-7H2,1H3;4-7H,1-3H2;2*6-7H,1-5H2;2-5H,1H3;9*1-2H3. The van der Waals surface area contributed by atoms with Crippen molar-refractivity contribution in [1.82, 2.24) is 14.4 Å². The number of hydrogen-bond acceptors (Lipinski definition) is 2. The predicted molar refractivity (Wildman–Crippen MR) is 500 cm³/mol. The number of allylic oxidation sites excluding steroid dienone is 2. The highest BCUT2D eigenvalue weighted by Crippen LogP contribution is 2.70. The molecule has 25 aliphatic carbocycles. The van der Waals surface area contributed by atoms with E-state index in [1.807, 2.05) is 172 Å². The van der Waals surface area contributed by atoms with Crippen molar-refractivity contribution in [3.05, 3.63) is 35.7 Å². The van der Waals surface area contributed by atoms with Crippen LogP contribution in [0.3, 0.4) is 0 Å². The van der Waals surface area contributed by atoms with Crippen molar-refractivity contribution in [1.29, 1.82) is 0 Å². The molecule has 30 rings (SSSR count). The summed E-state index contributed by atoms with van der Waals surface area (Å²) in [6.07, 6.45) is 86.4. The predicted octanol–water partition coefficient (Wildman–Crippen LogP) is 34.1. The highest BCUT2D eigenvalue weighted by atomic mass is 15.2. The molecule has 656 valence electrons. The highest BCUT2D eigenvalue weighted by molar-refractivity contribution is 5.25. The van der Waals surface area contributed by atoms with Crippen LogP contribution in [0.2, 0.25) is 0 Å². The molecular weight excluding hydrogens is 1350 g/mol. The van der Waals surface area contributed by atoms with Crippen LogP contribution in [0.5, 0.6) is 0 Å². The van der Waals surface area contributed by atoms with Gasteiger partial charge in [0.1, 0.15) is 0 Å². The molecule has 27 fully saturated rings. The fourth-order valence-electron chi connectivity index (χ4n) is 29.0. The molecule has 26 bridgehead atoms. The van der Waals surface area contributed by atoms with E-state index in [4.69, 9.17) is 0 Å². The summed E-state index contributed by atoms with van der Waals surface area (Å²) in [5.41, 5.74) is 3.83. The van der Waals surface area contributed by atoms with E-state index in [9.17, 15) is 0 Å². The first kappa shape index (κ1) is 99.8. The number of hydrogen-bond donors (Lipinski definition) is 0. The summed E-state index contributed by atoms with van der Waals surface area (Å²) in [5.74, 6) is 29.2. The van der Waals surface area contributed by atoms with Crippen LogP contribution in [0.25, 0.3) is 0 Å². The van der Waals surface area contributed by atoms with E-state index in [2.05, 4.69) is 16.8 Å². The molecule has 4 saturated heterocycles. The molecule has 0 N–H and O–H groups in total. The molecule has 3 nitrogen and oxygen atoms in total. The van der Waals surface area contributed by atoms with E-state index in [-0.39, 0.29) is 0 Å². The molecule has 3 heteroatoms. The molecule has 5 heterocycles. The Balaban J connectivity index is 0.000000189. The number of aryl methyl sites for hydroxylation is 1. The molecule has 23 saturated carbocycles. The molecule has 4 unspecified atom stereocenters. The number of aromatic nitrogens is 1. The number of nitrogens with zero attached hydrogens (tertiary/aromatic N) is 3. The smallest absolute Gasteiger partial charge is 0.0106 e. The molecule has 4 atom stereocenters. The Hall–Kier alpha value is -1.06. The van der Waals surface area contributed by atoms with E-state index < -0.39 is 0 Å². The van der Waals surface area contributed by atoms with Gasteiger partial charge in [0, 0.05) is 39.1 Å². The van der Waals surface area contributed by atoms with Crippen molar-refractivity contribution < 1.29 is 0 Å². The van der Waals surface area contributed by atoms with E-state index in [0.29, 0.717) is 0 Å². The van der Waals surface area contributed by atoms with E-state index >= 15 is 0 Å². The van der Waals surface area contributed by atoms with Crippen molar-refractivity contribution in [2.45, 2.75) is 465 Å². The van der Waals surface area contributed by atoms with Gasteiger partial charge in [0.15, 0.2) is 0 Å². The Morgan fingerprint density at radius 1 is 0.223 bits per heavy atom. The lowest BCUT2D eigenvalue weighted by Gasteiger charge is -2.51. The Morgan fingerprint density at radius 2 is 0.482 bits per heavy atom. The van der Waals surface area contributed by atoms with Crippen molar-refractivity contribution in [3.8, 4) is 0 Å². The van der Waals surface area contributed by atoms with Gasteiger partial charge in [-0.2, -0.15) is 0 Å². The van der Waals surface area contributed by atoms with E-state index in [0.717, 1.165) is 53.3 Å². The van der Waals surface area contributed by atoms with Gasteiger partial charge in [-0.05, 0) is 392 Å². The normalized spacial score (nSPS) is 39.6. The molecule has 0 aromatic carbocycles. The lowest BCUT2D eigenvalue weighted by atomic mass is 9.56. The lowest BCUT2D eigenvalue weighted by molar-refractivity contribution is -0.0169. The molecule has 1 aromatic heterocycles. The molecule has 29 aliphatic rings. The average Bonchev–Trinajstić information content (AvgIpc) is 1.54. The number of rotatable bonds is 0. The Labute approximate surface area is 705 Å². The van der Waals surface area contributed by atoms with Crippen LogP contribution in [-0.4, -0.2) is 54.1 Å². The highest BCUT2D eigenvalue weighted by Gasteiger charge is 2.62. The first-order valence-electron chi connectivity index (χ1n) is 53.4. The minimum absolute atomic E-state index is 1.05. The summed E-state index contributed by atoms with van der Waals surface area (Å²) < 4.78 is 2.00. The van der Waals surface area contributed by atoms with E-state index in [1.165, 1.54) is 224 Å². The van der Waals surface area contributed by atoms with Gasteiger partial charge in [-0.25, -0.2) is 0 Å². The van der Waals surface area contributed by atoms with Gasteiger partial charge in [0.25, 0.3) is 0 Å². The molecule has 0 spiro atoms. The summed E-state index contributed by atoms with van der Waals surface area (Å²) in [4.78, 5) is 5.11. The van der Waals surface area contributed by atoms with Gasteiger partial charge in [-0.1, -0.05) is 264 Å². The topological polar surface area (TPSA) is 11.4 Å². The van der Waals surface area contributed by atoms with Gasteiger partial charge >= 0.3 is 0 Å². The van der Waals surface area contributed by atoms with Gasteiger partial charge in [0.2, 0.25) is 0 Å². The minimum Gasteiger partial charge on any atom is -0.357 e. The maximum atomic E-state index is 2.69. The quantitative estimate of drug-likeness (QED) is 0.240. The minimum atomic E-state index is 1.05. The third kappa shape index (κ3) is 33.1. The third-order valence-electron chi connectivity index (χ3n) is 32.8. The molecule has 4 aliphatic heterocycles. The summed E-state index contributed by atoms with van der Waals surface area (Å²) in [5, 5.41) is 0. The Morgan fingerprint density at radius 3 is 0.741 bits per heavy atom.